The van der Waals surface area contributed by atoms with Crippen LogP contribution in [-0.4, -0.2) is 12.5 Å². The van der Waals surface area contributed by atoms with E-state index in [-0.39, 0.29) is 17.4 Å². The van der Waals surface area contributed by atoms with E-state index in [1.165, 1.54) is 5.56 Å². The highest BCUT2D eigenvalue weighted by atomic mass is 16.5. The van der Waals surface area contributed by atoms with E-state index in [9.17, 15) is 4.79 Å². The maximum absolute atomic E-state index is 12.6. The minimum atomic E-state index is -0.147. The maximum atomic E-state index is 12.6. The number of nitrogens with one attached hydrogen (secondary N) is 1. The first-order chi connectivity index (χ1) is 14.4. The van der Waals surface area contributed by atoms with Gasteiger partial charge in [-0.1, -0.05) is 93.6 Å². The van der Waals surface area contributed by atoms with Gasteiger partial charge in [-0.15, -0.1) is 0 Å². The molecule has 0 aromatic heterocycles. The van der Waals surface area contributed by atoms with Crippen molar-refractivity contribution >= 4 is 5.91 Å². The largest absolute Gasteiger partial charge is 0.494 e. The summed E-state index contributed by atoms with van der Waals surface area (Å²) in [4.78, 5) is 12.6. The van der Waals surface area contributed by atoms with Crippen molar-refractivity contribution in [3.05, 3.63) is 102 Å². The molecule has 156 valence electrons. The summed E-state index contributed by atoms with van der Waals surface area (Å²) >= 11 is 0. The normalized spacial score (nSPS) is 11.3. The second-order valence-corrected chi connectivity index (χ2v) is 8.55. The lowest BCUT2D eigenvalue weighted by molar-refractivity contribution is -0.121. The zero-order chi connectivity index (χ0) is 21.4. The minimum absolute atomic E-state index is 0.0272. The smallest absolute Gasteiger partial charge is 0.220 e. The van der Waals surface area contributed by atoms with Crippen LogP contribution in [0.2, 0.25) is 0 Å². The Kier molecular flexibility index (Phi) is 7.29. The Morgan fingerprint density at radius 2 is 1.37 bits per heavy atom. The second-order valence-electron chi connectivity index (χ2n) is 8.55. The van der Waals surface area contributed by atoms with Gasteiger partial charge in [-0.05, 0) is 40.7 Å². The lowest BCUT2D eigenvalue weighted by atomic mass is 9.87. The van der Waals surface area contributed by atoms with Crippen LogP contribution < -0.4 is 10.1 Å². The Balaban J connectivity index is 1.51. The zero-order valence-electron chi connectivity index (χ0n) is 18.1. The number of carbonyl (C=O) groups excluding carboxylic acids is 1. The van der Waals surface area contributed by atoms with E-state index in [2.05, 4.69) is 38.2 Å². The average Bonchev–Trinajstić information content (AvgIpc) is 2.76. The molecule has 3 aromatic carbocycles. The topological polar surface area (TPSA) is 38.3 Å². The summed E-state index contributed by atoms with van der Waals surface area (Å²) in [5.74, 6) is 0.870. The number of ether oxygens (including phenoxy) is 1. The van der Waals surface area contributed by atoms with Crippen molar-refractivity contribution in [1.29, 1.82) is 0 Å². The third kappa shape index (κ3) is 6.21. The van der Waals surface area contributed by atoms with Crippen molar-refractivity contribution in [3.8, 4) is 5.75 Å². The lowest BCUT2D eigenvalue weighted by Crippen LogP contribution is -2.29. The Hall–Kier alpha value is -3.07. The highest BCUT2D eigenvalue weighted by Gasteiger charge is 2.16. The van der Waals surface area contributed by atoms with Crippen molar-refractivity contribution < 1.29 is 9.53 Å². The van der Waals surface area contributed by atoms with E-state index < -0.39 is 0 Å². The molecule has 0 aliphatic carbocycles. The second kappa shape index (κ2) is 10.1. The summed E-state index contributed by atoms with van der Waals surface area (Å²) in [7, 11) is 0. The molecule has 1 N–H and O–H groups in total. The van der Waals surface area contributed by atoms with Crippen LogP contribution in [-0.2, 0) is 10.2 Å². The van der Waals surface area contributed by atoms with Gasteiger partial charge in [0, 0.05) is 6.42 Å². The maximum Gasteiger partial charge on any atom is 0.220 e. The minimum Gasteiger partial charge on any atom is -0.494 e. The third-order valence-electron chi connectivity index (χ3n) is 5.11. The number of hydrogen-bond donors (Lipinski definition) is 1. The number of carbonyl (C=O) groups is 1. The van der Waals surface area contributed by atoms with Gasteiger partial charge < -0.3 is 10.1 Å². The molecule has 1 amide bonds. The fraction of sp³-hybridized carbons (Fsp3) is 0.296. The highest BCUT2D eigenvalue weighted by Crippen LogP contribution is 2.24. The van der Waals surface area contributed by atoms with Gasteiger partial charge in [-0.2, -0.15) is 0 Å². The molecule has 3 aromatic rings. The van der Waals surface area contributed by atoms with Crippen molar-refractivity contribution in [1.82, 2.24) is 5.32 Å². The lowest BCUT2D eigenvalue weighted by Gasteiger charge is -2.20. The van der Waals surface area contributed by atoms with E-state index in [1.807, 2.05) is 72.8 Å². The summed E-state index contributed by atoms with van der Waals surface area (Å²) in [5.41, 5.74) is 3.56. The first-order valence-electron chi connectivity index (χ1n) is 10.6. The fourth-order valence-electron chi connectivity index (χ4n) is 3.36. The highest BCUT2D eigenvalue weighted by molar-refractivity contribution is 5.77. The molecule has 0 radical (unpaired) electrons. The molecule has 0 aliphatic heterocycles. The molecule has 3 heteroatoms. The molecule has 0 heterocycles. The van der Waals surface area contributed by atoms with Crippen LogP contribution in [0.3, 0.4) is 0 Å². The molecule has 30 heavy (non-hydrogen) atoms. The fourth-order valence-corrected chi connectivity index (χ4v) is 3.36. The standard InChI is InChI=1S/C27H31NO2/c1-27(2,3)23-16-18-24(19-17-23)30-20-10-15-25(29)28-26(21-11-6-4-7-12-21)22-13-8-5-9-14-22/h4-9,11-14,16-19,26H,10,15,20H2,1-3H3,(H,28,29). The molecule has 0 fully saturated rings. The quantitative estimate of drug-likeness (QED) is 0.467. The first kappa shape index (κ1) is 21.6. The molecular formula is C27H31NO2. The van der Waals surface area contributed by atoms with Gasteiger partial charge in [0.1, 0.15) is 5.75 Å². The van der Waals surface area contributed by atoms with Gasteiger partial charge >= 0.3 is 0 Å². The average molecular weight is 402 g/mol. The summed E-state index contributed by atoms with van der Waals surface area (Å²) in [6.07, 6.45) is 1.10. The van der Waals surface area contributed by atoms with Crippen LogP contribution >= 0.6 is 0 Å². The molecule has 0 saturated carbocycles. The number of amides is 1. The first-order valence-corrected chi connectivity index (χ1v) is 10.6. The molecule has 0 aliphatic rings. The molecule has 0 saturated heterocycles. The Labute approximate surface area is 180 Å². The van der Waals surface area contributed by atoms with Crippen molar-refractivity contribution in [2.45, 2.75) is 45.1 Å². The van der Waals surface area contributed by atoms with Gasteiger partial charge in [0.05, 0.1) is 12.6 Å². The van der Waals surface area contributed by atoms with E-state index in [0.717, 1.165) is 16.9 Å². The Bertz CT molecular complexity index is 873. The predicted molar refractivity (Wildman–Crippen MR) is 123 cm³/mol. The van der Waals surface area contributed by atoms with Crippen LogP contribution in [0.15, 0.2) is 84.9 Å². The van der Waals surface area contributed by atoms with Crippen LogP contribution in [0.5, 0.6) is 5.75 Å². The molecule has 3 rings (SSSR count). The molecule has 0 atom stereocenters. The number of benzene rings is 3. The monoisotopic (exact) mass is 401 g/mol. The van der Waals surface area contributed by atoms with E-state index in [4.69, 9.17) is 4.74 Å². The summed E-state index contributed by atoms with van der Waals surface area (Å²) in [6, 6.07) is 28.2. The van der Waals surface area contributed by atoms with Crippen LogP contribution in [0.4, 0.5) is 0 Å². The number of rotatable bonds is 8. The predicted octanol–water partition coefficient (Wildman–Crippen LogP) is 6.05. The third-order valence-corrected chi connectivity index (χ3v) is 5.11. The van der Waals surface area contributed by atoms with E-state index >= 15 is 0 Å². The van der Waals surface area contributed by atoms with Crippen LogP contribution in [0, 0.1) is 0 Å². The van der Waals surface area contributed by atoms with Crippen molar-refractivity contribution in [2.75, 3.05) is 6.61 Å². The zero-order valence-corrected chi connectivity index (χ0v) is 18.1. The summed E-state index contributed by atoms with van der Waals surface area (Å²) in [6.45, 7) is 7.10. The SMILES string of the molecule is CC(C)(C)c1ccc(OCCCC(=O)NC(c2ccccc2)c2ccccc2)cc1. The Morgan fingerprint density at radius 1 is 0.833 bits per heavy atom. The molecule has 3 nitrogen and oxygen atoms in total. The van der Waals surface area contributed by atoms with E-state index in [1.54, 1.807) is 0 Å². The van der Waals surface area contributed by atoms with Crippen LogP contribution in [0.25, 0.3) is 0 Å². The number of hydrogen-bond acceptors (Lipinski definition) is 2. The Morgan fingerprint density at radius 3 is 1.87 bits per heavy atom. The van der Waals surface area contributed by atoms with Gasteiger partial charge in [-0.3, -0.25) is 4.79 Å². The molecular weight excluding hydrogens is 370 g/mol. The van der Waals surface area contributed by atoms with Crippen molar-refractivity contribution in [3.63, 3.8) is 0 Å². The van der Waals surface area contributed by atoms with Crippen LogP contribution in [0.1, 0.15) is 56.3 Å². The molecule has 0 bridgehead atoms. The van der Waals surface area contributed by atoms with Gasteiger partial charge in [0.15, 0.2) is 0 Å². The van der Waals surface area contributed by atoms with Gasteiger partial charge in [0.25, 0.3) is 0 Å². The van der Waals surface area contributed by atoms with Crippen molar-refractivity contribution in [2.24, 2.45) is 0 Å². The van der Waals surface area contributed by atoms with E-state index in [0.29, 0.717) is 19.4 Å². The molecule has 0 spiro atoms. The summed E-state index contributed by atoms with van der Waals surface area (Å²) < 4.78 is 5.82. The summed E-state index contributed by atoms with van der Waals surface area (Å²) in [5, 5.41) is 3.18. The van der Waals surface area contributed by atoms with Gasteiger partial charge in [-0.25, -0.2) is 0 Å². The molecule has 0 unspecified atom stereocenters. The van der Waals surface area contributed by atoms with Gasteiger partial charge in [0.2, 0.25) is 5.91 Å².